The van der Waals surface area contributed by atoms with E-state index in [4.69, 9.17) is 11.6 Å². The van der Waals surface area contributed by atoms with Crippen LogP contribution in [-0.4, -0.2) is 0 Å². The molecule has 2 aromatic rings. The van der Waals surface area contributed by atoms with Gasteiger partial charge in [-0.15, -0.1) is 0 Å². The van der Waals surface area contributed by atoms with Crippen LogP contribution in [-0.2, 0) is 6.54 Å². The van der Waals surface area contributed by atoms with Crippen LogP contribution >= 0.6 is 27.5 Å². The molecule has 0 saturated carbocycles. The number of halogens is 2. The average molecular weight is 325 g/mol. The Morgan fingerprint density at radius 2 is 1.72 bits per heavy atom. The highest BCUT2D eigenvalue weighted by Gasteiger charge is 2.01. The Bertz CT molecular complexity index is 546. The molecule has 0 atom stereocenters. The van der Waals surface area contributed by atoms with Crippen LogP contribution in [0.3, 0.4) is 0 Å². The monoisotopic (exact) mass is 323 g/mol. The Hall–Kier alpha value is -0.990. The fourth-order valence-corrected chi connectivity index (χ4v) is 2.74. The molecule has 0 spiro atoms. The molecule has 0 unspecified atom stereocenters. The van der Waals surface area contributed by atoms with Crippen LogP contribution in [0, 0.1) is 13.8 Å². The predicted molar refractivity (Wildman–Crippen MR) is 82.4 cm³/mol. The molecule has 0 aliphatic carbocycles. The van der Waals surface area contributed by atoms with E-state index in [2.05, 4.69) is 53.3 Å². The second-order valence-corrected chi connectivity index (χ2v) is 5.80. The Labute approximate surface area is 121 Å². The zero-order valence-corrected chi connectivity index (χ0v) is 12.8. The summed E-state index contributed by atoms with van der Waals surface area (Å²) in [7, 11) is 0. The zero-order chi connectivity index (χ0) is 13.1. The topological polar surface area (TPSA) is 12.0 Å². The van der Waals surface area contributed by atoms with Crippen molar-refractivity contribution < 1.29 is 0 Å². The second kappa shape index (κ2) is 5.77. The second-order valence-electron chi connectivity index (χ2n) is 4.47. The van der Waals surface area contributed by atoms with Crippen LogP contribution in [0.2, 0.25) is 5.02 Å². The Morgan fingerprint density at radius 1 is 1.06 bits per heavy atom. The highest BCUT2D eigenvalue weighted by atomic mass is 79.9. The van der Waals surface area contributed by atoms with Crippen molar-refractivity contribution >= 4 is 33.2 Å². The Balaban J connectivity index is 2.11. The van der Waals surface area contributed by atoms with Gasteiger partial charge >= 0.3 is 0 Å². The van der Waals surface area contributed by atoms with E-state index in [9.17, 15) is 0 Å². The molecule has 0 saturated heterocycles. The van der Waals surface area contributed by atoms with E-state index in [1.165, 1.54) is 16.7 Å². The van der Waals surface area contributed by atoms with Crippen molar-refractivity contribution in [3.63, 3.8) is 0 Å². The van der Waals surface area contributed by atoms with E-state index in [1.54, 1.807) is 0 Å². The van der Waals surface area contributed by atoms with Crippen molar-refractivity contribution in [2.45, 2.75) is 20.4 Å². The number of anilines is 1. The van der Waals surface area contributed by atoms with Gasteiger partial charge in [0.15, 0.2) is 0 Å². The lowest BCUT2D eigenvalue weighted by Crippen LogP contribution is -2.00. The van der Waals surface area contributed by atoms with Gasteiger partial charge in [-0.1, -0.05) is 56.9 Å². The lowest BCUT2D eigenvalue weighted by atomic mass is 10.1. The zero-order valence-electron chi connectivity index (χ0n) is 10.4. The van der Waals surface area contributed by atoms with Crippen molar-refractivity contribution in [2.75, 3.05) is 5.32 Å². The van der Waals surface area contributed by atoms with E-state index in [-0.39, 0.29) is 0 Å². The summed E-state index contributed by atoms with van der Waals surface area (Å²) < 4.78 is 0.990. The van der Waals surface area contributed by atoms with Crippen molar-refractivity contribution in [2.24, 2.45) is 0 Å². The molecule has 0 bridgehead atoms. The highest BCUT2D eigenvalue weighted by Crippen LogP contribution is 2.26. The van der Waals surface area contributed by atoms with Gasteiger partial charge in [0.2, 0.25) is 0 Å². The maximum absolute atomic E-state index is 6.17. The first-order valence-electron chi connectivity index (χ1n) is 5.81. The lowest BCUT2D eigenvalue weighted by molar-refractivity contribution is 1.13. The number of hydrogen-bond acceptors (Lipinski definition) is 1. The van der Waals surface area contributed by atoms with Gasteiger partial charge in [-0.3, -0.25) is 0 Å². The molecule has 94 valence electrons. The first kappa shape index (κ1) is 13.4. The summed E-state index contributed by atoms with van der Waals surface area (Å²) in [5, 5.41) is 4.09. The molecule has 0 aliphatic rings. The minimum atomic E-state index is 0.730. The normalized spacial score (nSPS) is 10.4. The van der Waals surface area contributed by atoms with Gasteiger partial charge < -0.3 is 5.32 Å². The molecule has 0 aliphatic heterocycles. The molecule has 0 aromatic heterocycles. The van der Waals surface area contributed by atoms with Crippen molar-refractivity contribution in [3.8, 4) is 0 Å². The molecule has 0 fully saturated rings. The molecule has 2 aromatic carbocycles. The van der Waals surface area contributed by atoms with Crippen molar-refractivity contribution in [1.82, 2.24) is 0 Å². The number of nitrogens with one attached hydrogen (secondary N) is 1. The molecule has 18 heavy (non-hydrogen) atoms. The van der Waals surface area contributed by atoms with Crippen molar-refractivity contribution in [1.29, 1.82) is 0 Å². The molecule has 3 heteroatoms. The molecule has 2 rings (SSSR count). The van der Waals surface area contributed by atoms with Gasteiger partial charge in [0.1, 0.15) is 0 Å². The summed E-state index contributed by atoms with van der Waals surface area (Å²) in [5.41, 5.74) is 4.80. The van der Waals surface area contributed by atoms with Gasteiger partial charge in [-0.05, 0) is 37.6 Å². The minimum absolute atomic E-state index is 0.730. The largest absolute Gasteiger partial charge is 0.380 e. The minimum Gasteiger partial charge on any atom is -0.380 e. The number of rotatable bonds is 3. The molecule has 0 amide bonds. The van der Waals surface area contributed by atoms with Gasteiger partial charge in [0, 0.05) is 11.0 Å². The summed E-state index contributed by atoms with van der Waals surface area (Å²) in [5.74, 6) is 0. The number of aryl methyl sites for hydroxylation is 2. The third kappa shape index (κ3) is 3.50. The highest BCUT2D eigenvalue weighted by molar-refractivity contribution is 9.10. The van der Waals surface area contributed by atoms with E-state index >= 15 is 0 Å². The van der Waals surface area contributed by atoms with Gasteiger partial charge in [0.05, 0.1) is 10.7 Å². The van der Waals surface area contributed by atoms with Gasteiger partial charge in [-0.2, -0.15) is 0 Å². The molecule has 1 nitrogen and oxygen atoms in total. The first-order chi connectivity index (χ1) is 8.54. The third-order valence-corrected chi connectivity index (χ3v) is 3.50. The summed E-state index contributed by atoms with van der Waals surface area (Å²) in [6.07, 6.45) is 0. The Morgan fingerprint density at radius 3 is 2.33 bits per heavy atom. The average Bonchev–Trinajstić information content (AvgIpc) is 2.26. The van der Waals surface area contributed by atoms with E-state index in [1.807, 2.05) is 18.2 Å². The predicted octanol–water partition coefficient (Wildman–Crippen LogP) is 5.33. The van der Waals surface area contributed by atoms with Crippen LogP contribution in [0.5, 0.6) is 0 Å². The van der Waals surface area contributed by atoms with Crippen LogP contribution in [0.1, 0.15) is 16.7 Å². The maximum atomic E-state index is 6.17. The summed E-state index contributed by atoms with van der Waals surface area (Å²) in [4.78, 5) is 0. The van der Waals surface area contributed by atoms with E-state index in [0.717, 1.165) is 21.7 Å². The van der Waals surface area contributed by atoms with Crippen LogP contribution in [0.4, 0.5) is 5.69 Å². The lowest BCUT2D eigenvalue weighted by Gasteiger charge is -2.10. The Kier molecular flexibility index (Phi) is 4.31. The molecule has 1 N–H and O–H groups in total. The number of hydrogen-bond donors (Lipinski definition) is 1. The first-order valence-corrected chi connectivity index (χ1v) is 6.98. The van der Waals surface area contributed by atoms with Crippen LogP contribution in [0.25, 0.3) is 0 Å². The fourth-order valence-electron chi connectivity index (χ4n) is 2.00. The van der Waals surface area contributed by atoms with Crippen molar-refractivity contribution in [3.05, 3.63) is 62.6 Å². The van der Waals surface area contributed by atoms with E-state index in [0.29, 0.717) is 0 Å². The standard InChI is InChI=1S/C15H15BrClN/c1-10-5-11(2)7-12(6-10)9-18-15-4-3-13(16)8-14(15)17/h3-8,18H,9H2,1-2H3. The van der Waals surface area contributed by atoms with Crippen LogP contribution in [0.15, 0.2) is 40.9 Å². The molecular weight excluding hydrogens is 310 g/mol. The molecule has 0 radical (unpaired) electrons. The van der Waals surface area contributed by atoms with Crippen LogP contribution < -0.4 is 5.32 Å². The maximum Gasteiger partial charge on any atom is 0.0648 e. The molecule has 0 heterocycles. The van der Waals surface area contributed by atoms with E-state index < -0.39 is 0 Å². The quantitative estimate of drug-likeness (QED) is 0.804. The summed E-state index contributed by atoms with van der Waals surface area (Å²) in [6.45, 7) is 5.01. The third-order valence-electron chi connectivity index (χ3n) is 2.70. The summed E-state index contributed by atoms with van der Waals surface area (Å²) >= 11 is 9.56. The number of benzene rings is 2. The fraction of sp³-hybridized carbons (Fsp3) is 0.200. The SMILES string of the molecule is Cc1cc(C)cc(CNc2ccc(Br)cc2Cl)c1. The van der Waals surface area contributed by atoms with Gasteiger partial charge in [0.25, 0.3) is 0 Å². The smallest absolute Gasteiger partial charge is 0.0648 e. The van der Waals surface area contributed by atoms with Gasteiger partial charge in [-0.25, -0.2) is 0 Å². The molecular formula is C15H15BrClN. The summed E-state index contributed by atoms with van der Waals surface area (Å²) in [6, 6.07) is 12.4.